The molecule has 10 nitrogen and oxygen atoms in total. The van der Waals surface area contributed by atoms with Gasteiger partial charge in [-0.15, -0.1) is 0 Å². The zero-order valence-corrected chi connectivity index (χ0v) is 18.7. The number of rotatable bonds is 5. The largest absolute Gasteiger partial charge is 0.506 e. The van der Waals surface area contributed by atoms with Crippen LogP contribution in [0.15, 0.2) is 45.4 Å². The Balaban J connectivity index is 2.26. The molecule has 30 heavy (non-hydrogen) atoms. The summed E-state index contributed by atoms with van der Waals surface area (Å²) in [5.74, 6) is -0.409. The highest BCUT2D eigenvalue weighted by Gasteiger charge is 2.19. The van der Waals surface area contributed by atoms with Crippen molar-refractivity contribution in [2.75, 3.05) is 12.4 Å². The summed E-state index contributed by atoms with van der Waals surface area (Å²) in [5.41, 5.74) is 6.48. The molecule has 0 spiro atoms. The molecule has 160 valence electrons. The summed E-state index contributed by atoms with van der Waals surface area (Å²) >= 11 is 10.1. The van der Waals surface area contributed by atoms with E-state index in [0.29, 0.717) is 21.9 Å². The van der Waals surface area contributed by atoms with E-state index in [1.165, 1.54) is 6.07 Å². The van der Waals surface area contributed by atoms with E-state index in [-0.39, 0.29) is 16.2 Å². The Bertz CT molecular complexity index is 1160. The fourth-order valence-corrected chi connectivity index (χ4v) is 3.21. The Labute approximate surface area is 184 Å². The van der Waals surface area contributed by atoms with Crippen molar-refractivity contribution in [3.8, 4) is 5.75 Å². The van der Waals surface area contributed by atoms with Crippen LogP contribution in [-0.2, 0) is 10.1 Å². The molecule has 0 aliphatic heterocycles. The number of fused-ring (bicyclic) bond motifs is 1. The third-order valence-corrected chi connectivity index (χ3v) is 5.29. The number of benzene rings is 2. The van der Waals surface area contributed by atoms with E-state index in [1.54, 1.807) is 39.1 Å². The molecule has 13 heteroatoms. The lowest BCUT2D eigenvalue weighted by Crippen LogP contribution is -2.30. The molecule has 0 aromatic heterocycles. The van der Waals surface area contributed by atoms with Gasteiger partial charge >= 0.3 is 0 Å². The van der Waals surface area contributed by atoms with E-state index in [2.05, 4.69) is 31.7 Å². The summed E-state index contributed by atoms with van der Waals surface area (Å²) in [6.45, 7) is 3.42. The summed E-state index contributed by atoms with van der Waals surface area (Å²) in [4.78, 5) is -0.410. The van der Waals surface area contributed by atoms with Gasteiger partial charge in [0.2, 0.25) is 0 Å². The second-order valence-corrected chi connectivity index (χ2v) is 8.15. The molecule has 0 atom stereocenters. The third-order valence-electron chi connectivity index (χ3n) is 3.90. The number of phenols is 1. The Morgan fingerprint density at radius 1 is 1.00 bits per heavy atom. The first-order chi connectivity index (χ1) is 14.0. The fraction of sp³-hybridized carbons (Fsp3) is 0.176. The molecule has 2 aromatic carbocycles. The smallest absolute Gasteiger partial charge is 0.295 e. The highest BCUT2D eigenvalue weighted by molar-refractivity contribution is 7.86. The van der Waals surface area contributed by atoms with Gasteiger partial charge in [0, 0.05) is 23.9 Å². The molecule has 0 amide bonds. The van der Waals surface area contributed by atoms with Crippen molar-refractivity contribution in [1.82, 2.24) is 16.2 Å². The van der Waals surface area contributed by atoms with E-state index in [4.69, 9.17) is 24.4 Å². The topological polar surface area (TPSA) is 147 Å². The Morgan fingerprint density at radius 2 is 1.53 bits per heavy atom. The van der Waals surface area contributed by atoms with Crippen LogP contribution in [0.2, 0.25) is 0 Å². The fourth-order valence-electron chi connectivity index (χ4n) is 2.30. The van der Waals surface area contributed by atoms with Crippen LogP contribution >= 0.6 is 24.4 Å². The van der Waals surface area contributed by atoms with Gasteiger partial charge in [0.1, 0.15) is 10.6 Å². The standard InChI is InChI=1S/C17H20N6O4S3/c1-9(20-22-16(28)18-3)10(2)21-23-17(29)19-15-12-7-5-4-6-11(12)14(8-13(15)24)30(25,26)27/h4-8,24H,1-3H3,(H2,18,22,28)(H2,19,23,29)(H,25,26,27)/b20-9+,21-10-. The number of hydrogen-bond acceptors (Lipinski definition) is 7. The van der Waals surface area contributed by atoms with Crippen LogP contribution in [0.5, 0.6) is 5.75 Å². The van der Waals surface area contributed by atoms with Crippen LogP contribution in [-0.4, -0.2) is 46.8 Å². The Hall–Kier alpha value is -2.87. The first kappa shape index (κ1) is 23.4. The molecule has 2 rings (SSSR count). The molecule has 0 unspecified atom stereocenters. The number of nitrogens with one attached hydrogen (secondary N) is 4. The Morgan fingerprint density at radius 3 is 2.07 bits per heavy atom. The number of nitrogens with zero attached hydrogens (tertiary/aromatic N) is 2. The van der Waals surface area contributed by atoms with Crippen molar-refractivity contribution < 1.29 is 18.1 Å². The normalized spacial score (nSPS) is 12.4. The lowest BCUT2D eigenvalue weighted by atomic mass is 10.1. The van der Waals surface area contributed by atoms with Gasteiger partial charge in [-0.2, -0.15) is 18.6 Å². The van der Waals surface area contributed by atoms with E-state index in [1.807, 2.05) is 0 Å². The van der Waals surface area contributed by atoms with E-state index in [9.17, 15) is 18.1 Å². The first-order valence-electron chi connectivity index (χ1n) is 8.40. The lowest BCUT2D eigenvalue weighted by Gasteiger charge is -2.14. The van der Waals surface area contributed by atoms with Crippen molar-refractivity contribution in [3.63, 3.8) is 0 Å². The third kappa shape index (κ3) is 5.82. The van der Waals surface area contributed by atoms with Crippen molar-refractivity contribution in [2.45, 2.75) is 18.7 Å². The number of phenolic OH excluding ortho intramolecular Hbond substituents is 1. The van der Waals surface area contributed by atoms with Gasteiger partial charge in [-0.3, -0.25) is 15.4 Å². The molecule has 0 fully saturated rings. The van der Waals surface area contributed by atoms with Crippen molar-refractivity contribution in [1.29, 1.82) is 0 Å². The van der Waals surface area contributed by atoms with Crippen LogP contribution in [0.25, 0.3) is 10.8 Å². The second-order valence-electron chi connectivity index (χ2n) is 5.94. The number of anilines is 1. The second kappa shape index (κ2) is 9.75. The minimum absolute atomic E-state index is 0.0425. The molecule has 0 saturated carbocycles. The van der Waals surface area contributed by atoms with Crippen LogP contribution in [0.1, 0.15) is 13.8 Å². The van der Waals surface area contributed by atoms with Crippen LogP contribution < -0.4 is 21.5 Å². The number of hydrazone groups is 2. The predicted octanol–water partition coefficient (Wildman–Crippen LogP) is 1.92. The van der Waals surface area contributed by atoms with E-state index in [0.717, 1.165) is 6.07 Å². The van der Waals surface area contributed by atoms with Crippen LogP contribution in [0.4, 0.5) is 5.69 Å². The summed E-state index contributed by atoms with van der Waals surface area (Å²) in [7, 11) is -2.87. The molecule has 0 aliphatic carbocycles. The van der Waals surface area contributed by atoms with Crippen molar-refractivity contribution in [2.24, 2.45) is 10.2 Å². The van der Waals surface area contributed by atoms with Gasteiger partial charge in [0.25, 0.3) is 10.1 Å². The van der Waals surface area contributed by atoms with Gasteiger partial charge in [-0.05, 0) is 38.3 Å². The molecule has 0 bridgehead atoms. The minimum Gasteiger partial charge on any atom is -0.506 e. The molecule has 6 N–H and O–H groups in total. The maximum absolute atomic E-state index is 11.6. The maximum Gasteiger partial charge on any atom is 0.295 e. The predicted molar refractivity (Wildman–Crippen MR) is 126 cm³/mol. The molecule has 0 saturated heterocycles. The SMILES string of the molecule is CNC(=S)N/N=C(C)/C(C)=N\NC(=S)Nc1c(O)cc(S(=O)(=O)O)c2ccccc12. The highest BCUT2D eigenvalue weighted by atomic mass is 32.2. The number of aromatic hydroxyl groups is 1. The Kier molecular flexibility index (Phi) is 7.61. The molecule has 0 heterocycles. The van der Waals surface area contributed by atoms with Gasteiger partial charge in [-0.25, -0.2) is 0 Å². The zero-order chi connectivity index (χ0) is 22.5. The average molecular weight is 469 g/mol. The monoisotopic (exact) mass is 468 g/mol. The quantitative estimate of drug-likeness (QED) is 0.126. The van der Waals surface area contributed by atoms with E-state index >= 15 is 0 Å². The van der Waals surface area contributed by atoms with Crippen LogP contribution in [0, 0.1) is 0 Å². The van der Waals surface area contributed by atoms with Crippen LogP contribution in [0.3, 0.4) is 0 Å². The minimum atomic E-state index is -4.53. The van der Waals surface area contributed by atoms with Gasteiger partial charge in [0.05, 0.1) is 17.1 Å². The van der Waals surface area contributed by atoms with Crippen molar-refractivity contribution >= 4 is 72.7 Å². The number of hydrogen-bond donors (Lipinski definition) is 6. The average Bonchev–Trinajstić information content (AvgIpc) is 2.70. The molecule has 0 aliphatic rings. The van der Waals surface area contributed by atoms with Crippen molar-refractivity contribution in [3.05, 3.63) is 30.3 Å². The summed E-state index contributed by atoms with van der Waals surface area (Å²) < 4.78 is 32.7. The molecular formula is C17H20N6O4S3. The summed E-state index contributed by atoms with van der Waals surface area (Å²) in [5, 5.41) is 24.9. The summed E-state index contributed by atoms with van der Waals surface area (Å²) in [6, 6.07) is 7.30. The zero-order valence-electron chi connectivity index (χ0n) is 16.2. The van der Waals surface area contributed by atoms with Gasteiger partial charge in [0.15, 0.2) is 10.2 Å². The number of thiocarbonyl (C=S) groups is 2. The first-order valence-corrected chi connectivity index (χ1v) is 10.7. The molecular weight excluding hydrogens is 448 g/mol. The highest BCUT2D eigenvalue weighted by Crippen LogP contribution is 2.37. The summed E-state index contributed by atoms with van der Waals surface area (Å²) in [6.07, 6.45) is 0. The molecule has 2 aromatic rings. The van der Waals surface area contributed by atoms with Gasteiger partial charge in [-0.1, -0.05) is 24.3 Å². The molecule has 0 radical (unpaired) electrons. The lowest BCUT2D eigenvalue weighted by molar-refractivity contribution is 0.469. The maximum atomic E-state index is 11.6. The van der Waals surface area contributed by atoms with Gasteiger partial charge < -0.3 is 15.7 Å². The van der Waals surface area contributed by atoms with E-state index < -0.39 is 20.8 Å².